The maximum Gasteiger partial charge on any atom is 0.280 e. The van der Waals surface area contributed by atoms with Gasteiger partial charge in [-0.05, 0) is 6.92 Å². The van der Waals surface area contributed by atoms with E-state index in [-0.39, 0.29) is 17.2 Å². The minimum absolute atomic E-state index is 0.0269. The van der Waals surface area contributed by atoms with Crippen molar-refractivity contribution < 1.29 is 13.6 Å². The largest absolute Gasteiger partial charge is 0.353 e. The SMILES string of the molecule is Cc1cc(N2CCN(C(=O)c3cnn(C)c3C(F)F)CC2)nc(C(C)C)n1. The lowest BCUT2D eigenvalue weighted by Crippen LogP contribution is -2.49. The summed E-state index contributed by atoms with van der Waals surface area (Å²) in [6.07, 6.45) is -1.52. The molecule has 3 heterocycles. The zero-order valence-electron chi connectivity index (χ0n) is 16.0. The van der Waals surface area contributed by atoms with Crippen LogP contribution in [0.25, 0.3) is 0 Å². The van der Waals surface area contributed by atoms with Crippen molar-refractivity contribution >= 4 is 11.7 Å². The fraction of sp³-hybridized carbons (Fsp3) is 0.556. The number of rotatable bonds is 4. The molecule has 0 atom stereocenters. The van der Waals surface area contributed by atoms with E-state index in [0.29, 0.717) is 26.2 Å². The average Bonchev–Trinajstić information content (AvgIpc) is 3.02. The first-order valence-electron chi connectivity index (χ1n) is 8.97. The standard InChI is InChI=1S/C18H24F2N6O/c1-11(2)17-22-12(3)9-14(23-17)25-5-7-26(8-6-25)18(27)13-10-21-24(4)15(13)16(19)20/h9-11,16H,5-8H2,1-4H3. The molecule has 2 aromatic rings. The van der Waals surface area contributed by atoms with Gasteiger partial charge in [0.05, 0.1) is 11.8 Å². The number of amides is 1. The molecule has 0 N–H and O–H groups in total. The molecular weight excluding hydrogens is 354 g/mol. The maximum absolute atomic E-state index is 13.2. The maximum atomic E-state index is 13.2. The Kier molecular flexibility index (Phi) is 5.38. The summed E-state index contributed by atoms with van der Waals surface area (Å²) in [6.45, 7) is 8.08. The smallest absolute Gasteiger partial charge is 0.280 e. The third-order valence-electron chi connectivity index (χ3n) is 4.69. The van der Waals surface area contributed by atoms with Crippen molar-refractivity contribution in [1.29, 1.82) is 0 Å². The van der Waals surface area contributed by atoms with Crippen molar-refractivity contribution in [2.75, 3.05) is 31.1 Å². The number of hydrogen-bond donors (Lipinski definition) is 0. The predicted octanol–water partition coefficient (Wildman–Crippen LogP) is 2.54. The number of piperazine rings is 1. The molecule has 0 aliphatic carbocycles. The van der Waals surface area contributed by atoms with Crippen LogP contribution in [0.4, 0.5) is 14.6 Å². The Balaban J connectivity index is 1.72. The predicted molar refractivity (Wildman–Crippen MR) is 97.1 cm³/mol. The molecule has 0 saturated carbocycles. The Morgan fingerprint density at radius 2 is 1.81 bits per heavy atom. The molecule has 27 heavy (non-hydrogen) atoms. The lowest BCUT2D eigenvalue weighted by molar-refractivity contribution is 0.0732. The van der Waals surface area contributed by atoms with Crippen LogP contribution in [0, 0.1) is 6.92 Å². The monoisotopic (exact) mass is 378 g/mol. The van der Waals surface area contributed by atoms with Crippen LogP contribution in [0.5, 0.6) is 0 Å². The van der Waals surface area contributed by atoms with Gasteiger partial charge in [0.2, 0.25) is 0 Å². The van der Waals surface area contributed by atoms with E-state index >= 15 is 0 Å². The van der Waals surface area contributed by atoms with Crippen LogP contribution in [-0.4, -0.2) is 56.7 Å². The molecule has 0 unspecified atom stereocenters. The van der Waals surface area contributed by atoms with Crippen LogP contribution < -0.4 is 4.90 Å². The second-order valence-corrected chi connectivity index (χ2v) is 7.03. The average molecular weight is 378 g/mol. The quantitative estimate of drug-likeness (QED) is 0.818. The molecule has 0 spiro atoms. The molecule has 1 saturated heterocycles. The lowest BCUT2D eigenvalue weighted by Gasteiger charge is -2.35. The number of nitrogens with zero attached hydrogens (tertiary/aromatic N) is 6. The first kappa shape index (κ1) is 19.2. The Hall–Kier alpha value is -2.58. The van der Waals surface area contributed by atoms with Crippen LogP contribution in [0.1, 0.15) is 53.8 Å². The molecule has 1 aliphatic heterocycles. The van der Waals surface area contributed by atoms with E-state index in [1.807, 2.05) is 26.8 Å². The second kappa shape index (κ2) is 7.58. The van der Waals surface area contributed by atoms with E-state index in [4.69, 9.17) is 0 Å². The normalized spacial score (nSPS) is 15.1. The number of anilines is 1. The van der Waals surface area contributed by atoms with Crippen molar-refractivity contribution in [3.8, 4) is 0 Å². The molecular formula is C18H24F2N6O. The Morgan fingerprint density at radius 1 is 1.15 bits per heavy atom. The highest BCUT2D eigenvalue weighted by Crippen LogP contribution is 2.24. The van der Waals surface area contributed by atoms with E-state index in [9.17, 15) is 13.6 Å². The second-order valence-electron chi connectivity index (χ2n) is 7.03. The Morgan fingerprint density at radius 3 is 2.41 bits per heavy atom. The molecule has 146 valence electrons. The van der Waals surface area contributed by atoms with Gasteiger partial charge in [-0.3, -0.25) is 9.48 Å². The van der Waals surface area contributed by atoms with Gasteiger partial charge in [0, 0.05) is 50.9 Å². The molecule has 1 fully saturated rings. The highest BCUT2D eigenvalue weighted by Gasteiger charge is 2.29. The number of carbonyl (C=O) groups excluding carboxylic acids is 1. The summed E-state index contributed by atoms with van der Waals surface area (Å²) in [7, 11) is 1.42. The van der Waals surface area contributed by atoms with Crippen molar-refractivity contribution in [2.45, 2.75) is 33.1 Å². The van der Waals surface area contributed by atoms with E-state index < -0.39 is 12.3 Å². The molecule has 1 amide bonds. The Labute approximate surface area is 157 Å². The third kappa shape index (κ3) is 3.91. The van der Waals surface area contributed by atoms with Crippen LogP contribution >= 0.6 is 0 Å². The van der Waals surface area contributed by atoms with Gasteiger partial charge < -0.3 is 9.80 Å². The number of carbonyl (C=O) groups is 1. The molecule has 7 nitrogen and oxygen atoms in total. The highest BCUT2D eigenvalue weighted by atomic mass is 19.3. The minimum Gasteiger partial charge on any atom is -0.353 e. The summed E-state index contributed by atoms with van der Waals surface area (Å²) < 4.78 is 27.5. The van der Waals surface area contributed by atoms with Gasteiger partial charge in [0.15, 0.2) is 0 Å². The molecule has 1 aliphatic rings. The molecule has 2 aromatic heterocycles. The van der Waals surface area contributed by atoms with Crippen LogP contribution in [0.2, 0.25) is 0 Å². The third-order valence-corrected chi connectivity index (χ3v) is 4.69. The molecule has 0 aromatic carbocycles. The number of aryl methyl sites for hydroxylation is 2. The van der Waals surface area contributed by atoms with Gasteiger partial charge in [0.25, 0.3) is 12.3 Å². The summed E-state index contributed by atoms with van der Waals surface area (Å²) in [6, 6.07) is 1.93. The van der Waals surface area contributed by atoms with Gasteiger partial charge in [-0.2, -0.15) is 5.10 Å². The Bertz CT molecular complexity index is 827. The van der Waals surface area contributed by atoms with Crippen molar-refractivity contribution in [2.24, 2.45) is 7.05 Å². The van der Waals surface area contributed by atoms with Gasteiger partial charge in [-0.25, -0.2) is 18.7 Å². The van der Waals surface area contributed by atoms with Gasteiger partial charge >= 0.3 is 0 Å². The fourth-order valence-corrected chi connectivity index (χ4v) is 3.17. The summed E-state index contributed by atoms with van der Waals surface area (Å²) in [4.78, 5) is 25.4. The van der Waals surface area contributed by atoms with Crippen molar-refractivity contribution in [3.63, 3.8) is 0 Å². The van der Waals surface area contributed by atoms with E-state index in [2.05, 4.69) is 20.0 Å². The zero-order chi connectivity index (χ0) is 19.7. The van der Waals surface area contributed by atoms with Crippen molar-refractivity contribution in [3.05, 3.63) is 35.0 Å². The van der Waals surface area contributed by atoms with Crippen LogP contribution in [0.15, 0.2) is 12.3 Å². The molecule has 0 radical (unpaired) electrons. The number of aromatic nitrogens is 4. The minimum atomic E-state index is -2.74. The fourth-order valence-electron chi connectivity index (χ4n) is 3.17. The van der Waals surface area contributed by atoms with Gasteiger partial charge in [-0.1, -0.05) is 13.8 Å². The molecule has 3 rings (SSSR count). The van der Waals surface area contributed by atoms with E-state index in [1.165, 1.54) is 13.2 Å². The van der Waals surface area contributed by atoms with E-state index in [0.717, 1.165) is 22.0 Å². The summed E-state index contributed by atoms with van der Waals surface area (Å²) in [5.41, 5.74) is 0.537. The van der Waals surface area contributed by atoms with Gasteiger partial charge in [-0.15, -0.1) is 0 Å². The highest BCUT2D eigenvalue weighted by molar-refractivity contribution is 5.95. The first-order valence-corrected chi connectivity index (χ1v) is 8.97. The van der Waals surface area contributed by atoms with Crippen molar-refractivity contribution in [1.82, 2.24) is 24.6 Å². The van der Waals surface area contributed by atoms with E-state index in [1.54, 1.807) is 4.90 Å². The topological polar surface area (TPSA) is 67.2 Å². The number of halogens is 2. The zero-order valence-corrected chi connectivity index (χ0v) is 16.0. The van der Waals surface area contributed by atoms with Crippen LogP contribution in [0.3, 0.4) is 0 Å². The first-order chi connectivity index (χ1) is 12.8. The number of alkyl halides is 2. The van der Waals surface area contributed by atoms with Gasteiger partial charge in [0.1, 0.15) is 17.3 Å². The summed E-state index contributed by atoms with van der Waals surface area (Å²) in [5, 5.41) is 3.81. The molecule has 0 bridgehead atoms. The van der Waals surface area contributed by atoms with Crippen LogP contribution in [-0.2, 0) is 7.05 Å². The number of hydrogen-bond acceptors (Lipinski definition) is 5. The molecule has 9 heteroatoms. The lowest BCUT2D eigenvalue weighted by atomic mass is 10.2. The summed E-state index contributed by atoms with van der Waals surface area (Å²) >= 11 is 0. The summed E-state index contributed by atoms with van der Waals surface area (Å²) in [5.74, 6) is 1.46.